The fourth-order valence-corrected chi connectivity index (χ4v) is 2.48. The second-order valence-electron chi connectivity index (χ2n) is 3.93. The van der Waals surface area contributed by atoms with Crippen LogP contribution in [0.1, 0.15) is 17.2 Å². The fraction of sp³-hybridized carbons (Fsp3) is 0.143. The molecular weight excluding hydrogens is 335 g/mol. The number of hydrogen-bond donors (Lipinski definition) is 1. The number of halogens is 3. The van der Waals surface area contributed by atoms with Gasteiger partial charge in [-0.1, -0.05) is 23.7 Å². The third-order valence-corrected chi connectivity index (χ3v) is 3.83. The molecule has 0 aliphatic carbocycles. The van der Waals surface area contributed by atoms with E-state index in [9.17, 15) is 9.50 Å². The quantitative estimate of drug-likeness (QED) is 0.897. The van der Waals surface area contributed by atoms with Crippen LogP contribution in [0.25, 0.3) is 0 Å². The molecule has 2 aromatic carbocycles. The smallest absolute Gasteiger partial charge is 0.137 e. The van der Waals surface area contributed by atoms with Crippen LogP contribution in [0, 0.1) is 5.82 Å². The summed E-state index contributed by atoms with van der Waals surface area (Å²) < 4.78 is 18.9. The Bertz CT molecular complexity index is 604. The number of rotatable bonds is 3. The topological polar surface area (TPSA) is 29.5 Å². The Labute approximate surface area is 123 Å². The first-order chi connectivity index (χ1) is 9.04. The predicted molar refractivity (Wildman–Crippen MR) is 76.2 cm³/mol. The maximum atomic E-state index is 13.5. The number of aliphatic hydroxyl groups is 1. The van der Waals surface area contributed by atoms with Crippen LogP contribution < -0.4 is 4.74 Å². The molecule has 0 aromatic heterocycles. The molecule has 0 fully saturated rings. The molecule has 1 atom stereocenters. The lowest BCUT2D eigenvalue weighted by atomic mass is 10.0. The molecule has 2 aromatic rings. The lowest BCUT2D eigenvalue weighted by Gasteiger charge is -2.17. The standard InChI is InChI=1S/C14H11BrClFO2/c1-19-12-6-5-8(16)7-10(12)14(18)9-3-2-4-11(17)13(9)15/h2-7,14,18H,1H3. The Morgan fingerprint density at radius 2 is 2.00 bits per heavy atom. The molecule has 0 amide bonds. The Balaban J connectivity index is 2.52. The largest absolute Gasteiger partial charge is 0.496 e. The van der Waals surface area contributed by atoms with Gasteiger partial charge in [0.05, 0.1) is 11.6 Å². The second-order valence-corrected chi connectivity index (χ2v) is 5.16. The summed E-state index contributed by atoms with van der Waals surface area (Å²) in [6, 6.07) is 9.41. The average Bonchev–Trinajstić information content (AvgIpc) is 2.41. The molecule has 0 spiro atoms. The molecule has 0 saturated heterocycles. The van der Waals surface area contributed by atoms with Crippen molar-refractivity contribution in [2.24, 2.45) is 0 Å². The number of ether oxygens (including phenoxy) is 1. The van der Waals surface area contributed by atoms with Gasteiger partial charge in [0.1, 0.15) is 17.7 Å². The first-order valence-electron chi connectivity index (χ1n) is 5.50. The third kappa shape index (κ3) is 2.91. The van der Waals surface area contributed by atoms with Crippen molar-refractivity contribution in [3.63, 3.8) is 0 Å². The summed E-state index contributed by atoms with van der Waals surface area (Å²) in [4.78, 5) is 0. The first-order valence-corrected chi connectivity index (χ1v) is 6.67. The monoisotopic (exact) mass is 344 g/mol. The Morgan fingerprint density at radius 3 is 2.68 bits per heavy atom. The van der Waals surface area contributed by atoms with Gasteiger partial charge in [0, 0.05) is 16.1 Å². The van der Waals surface area contributed by atoms with Gasteiger partial charge in [0.15, 0.2) is 0 Å². The lowest BCUT2D eigenvalue weighted by molar-refractivity contribution is 0.213. The van der Waals surface area contributed by atoms with Gasteiger partial charge in [0.25, 0.3) is 0 Å². The van der Waals surface area contributed by atoms with E-state index >= 15 is 0 Å². The summed E-state index contributed by atoms with van der Waals surface area (Å²) >= 11 is 9.06. The normalized spacial score (nSPS) is 12.3. The summed E-state index contributed by atoms with van der Waals surface area (Å²) in [5.41, 5.74) is 0.905. The van der Waals surface area contributed by atoms with Crippen molar-refractivity contribution < 1.29 is 14.2 Å². The van der Waals surface area contributed by atoms with E-state index in [1.54, 1.807) is 24.3 Å². The van der Waals surface area contributed by atoms with Crippen molar-refractivity contribution in [1.29, 1.82) is 0 Å². The van der Waals surface area contributed by atoms with Gasteiger partial charge in [-0.2, -0.15) is 0 Å². The zero-order chi connectivity index (χ0) is 14.0. The Hall–Kier alpha value is -1.10. The highest BCUT2D eigenvalue weighted by molar-refractivity contribution is 9.10. The highest BCUT2D eigenvalue weighted by Gasteiger charge is 2.19. The van der Waals surface area contributed by atoms with Crippen LogP contribution in [0.5, 0.6) is 5.75 Å². The molecule has 2 rings (SSSR count). The van der Waals surface area contributed by atoms with E-state index in [1.165, 1.54) is 19.2 Å². The zero-order valence-corrected chi connectivity index (χ0v) is 12.4. The number of aliphatic hydroxyl groups excluding tert-OH is 1. The minimum atomic E-state index is -1.03. The van der Waals surface area contributed by atoms with Crippen LogP contribution in [0.15, 0.2) is 40.9 Å². The summed E-state index contributed by atoms with van der Waals surface area (Å²) in [7, 11) is 1.50. The van der Waals surface area contributed by atoms with E-state index in [1.807, 2.05) is 0 Å². The molecule has 1 unspecified atom stereocenters. The lowest BCUT2D eigenvalue weighted by Crippen LogP contribution is -2.04. The summed E-state index contributed by atoms with van der Waals surface area (Å²) in [6.07, 6.45) is -1.03. The zero-order valence-electron chi connectivity index (χ0n) is 10.0. The van der Waals surface area contributed by atoms with Crippen molar-refractivity contribution in [3.8, 4) is 5.75 Å². The van der Waals surface area contributed by atoms with Crippen molar-refractivity contribution in [1.82, 2.24) is 0 Å². The highest BCUT2D eigenvalue weighted by Crippen LogP contribution is 2.35. The minimum Gasteiger partial charge on any atom is -0.496 e. The van der Waals surface area contributed by atoms with Gasteiger partial charge in [-0.05, 0) is 40.2 Å². The molecule has 2 nitrogen and oxygen atoms in total. The molecule has 0 bridgehead atoms. The average molecular weight is 346 g/mol. The maximum absolute atomic E-state index is 13.5. The molecule has 1 N–H and O–H groups in total. The number of methoxy groups -OCH3 is 1. The minimum absolute atomic E-state index is 0.226. The second kappa shape index (κ2) is 5.90. The van der Waals surface area contributed by atoms with Crippen LogP contribution in [-0.4, -0.2) is 12.2 Å². The van der Waals surface area contributed by atoms with Crippen LogP contribution in [-0.2, 0) is 0 Å². The predicted octanol–water partition coefficient (Wildman–Crippen LogP) is 4.33. The van der Waals surface area contributed by atoms with E-state index < -0.39 is 11.9 Å². The number of benzene rings is 2. The van der Waals surface area contributed by atoms with Crippen molar-refractivity contribution in [2.75, 3.05) is 7.11 Å². The first kappa shape index (κ1) is 14.3. The summed E-state index contributed by atoms with van der Waals surface area (Å²) in [5, 5.41) is 10.9. The molecule has 100 valence electrons. The third-order valence-electron chi connectivity index (χ3n) is 2.76. The number of hydrogen-bond acceptors (Lipinski definition) is 2. The van der Waals surface area contributed by atoms with Crippen LogP contribution in [0.4, 0.5) is 4.39 Å². The molecule has 0 radical (unpaired) electrons. The molecule has 0 aliphatic rings. The fourth-order valence-electron chi connectivity index (χ4n) is 1.82. The molecule has 0 heterocycles. The van der Waals surface area contributed by atoms with Crippen molar-refractivity contribution in [2.45, 2.75) is 6.10 Å². The maximum Gasteiger partial charge on any atom is 0.137 e. The van der Waals surface area contributed by atoms with Gasteiger partial charge < -0.3 is 9.84 Å². The van der Waals surface area contributed by atoms with E-state index in [4.69, 9.17) is 16.3 Å². The van der Waals surface area contributed by atoms with Gasteiger partial charge in [0.2, 0.25) is 0 Å². The van der Waals surface area contributed by atoms with E-state index in [0.29, 0.717) is 21.9 Å². The van der Waals surface area contributed by atoms with E-state index in [-0.39, 0.29) is 4.47 Å². The Morgan fingerprint density at radius 1 is 1.26 bits per heavy atom. The van der Waals surface area contributed by atoms with Gasteiger partial charge in [-0.25, -0.2) is 4.39 Å². The SMILES string of the molecule is COc1ccc(Cl)cc1C(O)c1cccc(F)c1Br. The van der Waals surface area contributed by atoms with Crippen molar-refractivity contribution in [3.05, 3.63) is 62.8 Å². The highest BCUT2D eigenvalue weighted by atomic mass is 79.9. The van der Waals surface area contributed by atoms with Crippen LogP contribution in [0.2, 0.25) is 5.02 Å². The molecule has 0 aliphatic heterocycles. The van der Waals surface area contributed by atoms with Gasteiger partial charge >= 0.3 is 0 Å². The van der Waals surface area contributed by atoms with E-state index in [2.05, 4.69) is 15.9 Å². The Kier molecular flexibility index (Phi) is 4.45. The van der Waals surface area contributed by atoms with Gasteiger partial charge in [-0.3, -0.25) is 0 Å². The molecule has 19 heavy (non-hydrogen) atoms. The molecule has 0 saturated carbocycles. The van der Waals surface area contributed by atoms with E-state index in [0.717, 1.165) is 0 Å². The molecular formula is C14H11BrClFO2. The molecule has 5 heteroatoms. The summed E-state index contributed by atoms with van der Waals surface area (Å²) in [6.45, 7) is 0. The van der Waals surface area contributed by atoms with Gasteiger partial charge in [-0.15, -0.1) is 0 Å². The van der Waals surface area contributed by atoms with Crippen molar-refractivity contribution >= 4 is 27.5 Å². The van der Waals surface area contributed by atoms with Crippen LogP contribution >= 0.6 is 27.5 Å². The summed E-state index contributed by atoms with van der Waals surface area (Å²) in [5.74, 6) is 0.0607. The van der Waals surface area contributed by atoms with Crippen LogP contribution in [0.3, 0.4) is 0 Å².